The zero-order valence-corrected chi connectivity index (χ0v) is 11.8. The Labute approximate surface area is 118 Å². The summed E-state index contributed by atoms with van der Waals surface area (Å²) in [5, 5.41) is 0.853. The standard InChI is InChI=1S/C12H9Cl2NO2S/c1-2-17-12(16)10-11(18-6-15-10)7-4-3-5-8(13)9(7)14/h3-6H,2H2,1H3. The van der Waals surface area contributed by atoms with Crippen LogP contribution in [0, 0.1) is 0 Å². The van der Waals surface area contributed by atoms with Crippen LogP contribution in [0.1, 0.15) is 17.4 Å². The molecule has 1 aromatic heterocycles. The predicted molar refractivity (Wildman–Crippen MR) is 73.5 cm³/mol. The van der Waals surface area contributed by atoms with Crippen LogP contribution in [0.15, 0.2) is 23.7 Å². The molecule has 18 heavy (non-hydrogen) atoms. The van der Waals surface area contributed by atoms with Crippen molar-refractivity contribution in [1.82, 2.24) is 4.98 Å². The number of aromatic nitrogens is 1. The zero-order valence-electron chi connectivity index (χ0n) is 9.44. The van der Waals surface area contributed by atoms with E-state index in [-0.39, 0.29) is 5.69 Å². The number of thiazole rings is 1. The minimum absolute atomic E-state index is 0.269. The van der Waals surface area contributed by atoms with Crippen LogP contribution in [0.2, 0.25) is 10.0 Å². The Morgan fingerprint density at radius 2 is 2.22 bits per heavy atom. The molecule has 0 atom stereocenters. The normalized spacial score (nSPS) is 10.4. The van der Waals surface area contributed by atoms with Gasteiger partial charge in [0.2, 0.25) is 0 Å². The van der Waals surface area contributed by atoms with Gasteiger partial charge in [0, 0.05) is 5.56 Å². The Kier molecular flexibility index (Phi) is 4.22. The molecule has 0 amide bonds. The largest absolute Gasteiger partial charge is 0.461 e. The molecule has 0 saturated heterocycles. The lowest BCUT2D eigenvalue weighted by molar-refractivity contribution is 0.0521. The van der Waals surface area contributed by atoms with E-state index >= 15 is 0 Å². The monoisotopic (exact) mass is 301 g/mol. The highest BCUT2D eigenvalue weighted by atomic mass is 35.5. The number of nitrogens with zero attached hydrogens (tertiary/aromatic N) is 1. The number of esters is 1. The van der Waals surface area contributed by atoms with E-state index in [1.54, 1.807) is 30.6 Å². The number of ether oxygens (including phenoxy) is 1. The van der Waals surface area contributed by atoms with Crippen molar-refractivity contribution in [3.05, 3.63) is 39.4 Å². The third kappa shape index (κ3) is 2.51. The van der Waals surface area contributed by atoms with Gasteiger partial charge >= 0.3 is 5.97 Å². The minimum atomic E-state index is -0.454. The third-order valence-corrected chi connectivity index (χ3v) is 3.91. The maximum absolute atomic E-state index is 11.7. The number of carbonyl (C=O) groups excluding carboxylic acids is 1. The molecular formula is C12H9Cl2NO2S. The number of hydrogen-bond donors (Lipinski definition) is 0. The van der Waals surface area contributed by atoms with Crippen LogP contribution >= 0.6 is 34.5 Å². The average molecular weight is 302 g/mol. The summed E-state index contributed by atoms with van der Waals surface area (Å²) in [7, 11) is 0. The molecule has 0 radical (unpaired) electrons. The summed E-state index contributed by atoms with van der Waals surface area (Å²) in [6, 6.07) is 5.26. The molecular weight excluding hydrogens is 293 g/mol. The second-order valence-corrected chi connectivity index (χ2v) is 4.99. The van der Waals surface area contributed by atoms with Crippen molar-refractivity contribution in [1.29, 1.82) is 0 Å². The van der Waals surface area contributed by atoms with E-state index in [1.807, 2.05) is 0 Å². The van der Waals surface area contributed by atoms with Crippen molar-refractivity contribution in [3.63, 3.8) is 0 Å². The van der Waals surface area contributed by atoms with Crippen molar-refractivity contribution in [2.45, 2.75) is 6.92 Å². The highest BCUT2D eigenvalue weighted by Gasteiger charge is 2.19. The zero-order chi connectivity index (χ0) is 13.1. The molecule has 6 heteroatoms. The molecule has 94 valence electrons. The molecule has 0 spiro atoms. The summed E-state index contributed by atoms with van der Waals surface area (Å²) < 4.78 is 4.95. The quantitative estimate of drug-likeness (QED) is 0.794. The lowest BCUT2D eigenvalue weighted by Crippen LogP contribution is -2.06. The fourth-order valence-electron chi connectivity index (χ4n) is 1.46. The van der Waals surface area contributed by atoms with E-state index in [2.05, 4.69) is 4.98 Å². The summed E-state index contributed by atoms with van der Waals surface area (Å²) in [5.41, 5.74) is 2.54. The second kappa shape index (κ2) is 5.69. The maximum Gasteiger partial charge on any atom is 0.358 e. The molecule has 0 bridgehead atoms. The first-order valence-electron chi connectivity index (χ1n) is 5.20. The van der Waals surface area contributed by atoms with Crippen LogP contribution in [0.5, 0.6) is 0 Å². The van der Waals surface area contributed by atoms with Gasteiger partial charge in [0.25, 0.3) is 0 Å². The number of rotatable bonds is 3. The minimum Gasteiger partial charge on any atom is -0.461 e. The first kappa shape index (κ1) is 13.3. The molecule has 0 aliphatic carbocycles. The topological polar surface area (TPSA) is 39.2 Å². The molecule has 0 saturated carbocycles. The van der Waals surface area contributed by atoms with E-state index in [0.717, 1.165) is 0 Å². The van der Waals surface area contributed by atoms with Gasteiger partial charge in [-0.3, -0.25) is 0 Å². The van der Waals surface area contributed by atoms with Crippen molar-refractivity contribution >= 4 is 40.5 Å². The van der Waals surface area contributed by atoms with E-state index in [4.69, 9.17) is 27.9 Å². The number of benzene rings is 1. The van der Waals surface area contributed by atoms with Crippen LogP contribution in [0.3, 0.4) is 0 Å². The van der Waals surface area contributed by atoms with Gasteiger partial charge in [-0.15, -0.1) is 11.3 Å². The van der Waals surface area contributed by atoms with Gasteiger partial charge < -0.3 is 4.74 Å². The predicted octanol–water partition coefficient (Wildman–Crippen LogP) is 4.29. The summed E-state index contributed by atoms with van der Waals surface area (Å²) in [6.45, 7) is 2.05. The Morgan fingerprint density at radius 3 is 2.94 bits per heavy atom. The Bertz CT molecular complexity index is 583. The molecule has 0 N–H and O–H groups in total. The van der Waals surface area contributed by atoms with E-state index in [0.29, 0.717) is 27.1 Å². The fourth-order valence-corrected chi connectivity index (χ4v) is 2.72. The summed E-state index contributed by atoms with van der Waals surface area (Å²) >= 11 is 13.4. The molecule has 2 rings (SSSR count). The second-order valence-electron chi connectivity index (χ2n) is 3.35. The van der Waals surface area contributed by atoms with Crippen LogP contribution in [-0.2, 0) is 4.74 Å². The Balaban J connectivity index is 2.49. The molecule has 0 aliphatic rings. The van der Waals surface area contributed by atoms with Gasteiger partial charge in [0.1, 0.15) is 0 Å². The van der Waals surface area contributed by atoms with Crippen LogP contribution in [0.25, 0.3) is 10.4 Å². The van der Waals surface area contributed by atoms with Crippen molar-refractivity contribution < 1.29 is 9.53 Å². The van der Waals surface area contributed by atoms with Crippen molar-refractivity contribution in [2.24, 2.45) is 0 Å². The van der Waals surface area contributed by atoms with Gasteiger partial charge in [-0.2, -0.15) is 0 Å². The molecule has 1 aromatic carbocycles. The highest BCUT2D eigenvalue weighted by Crippen LogP contribution is 2.37. The van der Waals surface area contributed by atoms with Gasteiger partial charge in [-0.1, -0.05) is 35.3 Å². The number of halogens is 2. The van der Waals surface area contributed by atoms with Crippen LogP contribution < -0.4 is 0 Å². The van der Waals surface area contributed by atoms with Gasteiger partial charge in [0.15, 0.2) is 5.69 Å². The molecule has 0 fully saturated rings. The lowest BCUT2D eigenvalue weighted by atomic mass is 10.1. The summed E-state index contributed by atoms with van der Waals surface area (Å²) in [4.78, 5) is 16.4. The van der Waals surface area contributed by atoms with Gasteiger partial charge in [0.05, 0.1) is 27.0 Å². The highest BCUT2D eigenvalue weighted by molar-refractivity contribution is 7.13. The van der Waals surface area contributed by atoms with E-state index in [9.17, 15) is 4.79 Å². The lowest BCUT2D eigenvalue weighted by Gasteiger charge is -2.05. The van der Waals surface area contributed by atoms with Crippen molar-refractivity contribution in [2.75, 3.05) is 6.61 Å². The van der Waals surface area contributed by atoms with Gasteiger partial charge in [-0.05, 0) is 13.0 Å². The molecule has 3 nitrogen and oxygen atoms in total. The first-order valence-corrected chi connectivity index (χ1v) is 6.83. The first-order chi connectivity index (χ1) is 8.65. The number of hydrogen-bond acceptors (Lipinski definition) is 4. The summed E-state index contributed by atoms with van der Waals surface area (Å²) in [5.74, 6) is -0.454. The molecule has 2 aromatic rings. The van der Waals surface area contributed by atoms with E-state index < -0.39 is 5.97 Å². The summed E-state index contributed by atoms with van der Waals surface area (Å²) in [6.07, 6.45) is 0. The van der Waals surface area contributed by atoms with Gasteiger partial charge in [-0.25, -0.2) is 9.78 Å². The molecule has 1 heterocycles. The Hall–Kier alpha value is -1.10. The SMILES string of the molecule is CCOC(=O)c1ncsc1-c1cccc(Cl)c1Cl. The van der Waals surface area contributed by atoms with Crippen LogP contribution in [-0.4, -0.2) is 17.6 Å². The number of carbonyl (C=O) groups is 1. The Morgan fingerprint density at radius 1 is 1.44 bits per heavy atom. The third-order valence-electron chi connectivity index (χ3n) is 2.23. The van der Waals surface area contributed by atoms with Crippen molar-refractivity contribution in [3.8, 4) is 10.4 Å². The van der Waals surface area contributed by atoms with E-state index in [1.165, 1.54) is 11.3 Å². The molecule has 0 unspecified atom stereocenters. The molecule has 0 aliphatic heterocycles. The average Bonchev–Trinajstić information content (AvgIpc) is 2.82. The smallest absolute Gasteiger partial charge is 0.358 e. The fraction of sp³-hybridized carbons (Fsp3) is 0.167. The maximum atomic E-state index is 11.7. The van der Waals surface area contributed by atoms with Crippen LogP contribution in [0.4, 0.5) is 0 Å².